The molecule has 1 fully saturated rings. The van der Waals surface area contributed by atoms with E-state index in [0.29, 0.717) is 11.5 Å². The number of nitrogens with one attached hydrogen (secondary N) is 1. The SMILES string of the molecule is NNC(Cc1ccsc1)CC1CCS(=O)(=O)C1. The van der Waals surface area contributed by atoms with E-state index in [2.05, 4.69) is 16.9 Å². The summed E-state index contributed by atoms with van der Waals surface area (Å²) in [7, 11) is -2.78. The first kappa shape index (κ1) is 13.0. The summed E-state index contributed by atoms with van der Waals surface area (Å²) >= 11 is 1.67. The Morgan fingerprint density at radius 1 is 1.59 bits per heavy atom. The van der Waals surface area contributed by atoms with E-state index in [-0.39, 0.29) is 12.0 Å². The summed E-state index contributed by atoms with van der Waals surface area (Å²) < 4.78 is 22.8. The molecule has 2 atom stereocenters. The number of thiophene rings is 1. The van der Waals surface area contributed by atoms with Crippen LogP contribution in [-0.4, -0.2) is 26.0 Å². The second kappa shape index (κ2) is 5.48. The van der Waals surface area contributed by atoms with Crippen LogP contribution in [0.4, 0.5) is 0 Å². The number of nitrogens with two attached hydrogens (primary N) is 1. The van der Waals surface area contributed by atoms with Gasteiger partial charge in [-0.25, -0.2) is 8.42 Å². The molecule has 17 heavy (non-hydrogen) atoms. The van der Waals surface area contributed by atoms with Crippen LogP contribution in [0.5, 0.6) is 0 Å². The van der Waals surface area contributed by atoms with E-state index >= 15 is 0 Å². The molecule has 3 N–H and O–H groups in total. The fourth-order valence-corrected chi connectivity index (χ4v) is 4.93. The summed E-state index contributed by atoms with van der Waals surface area (Å²) in [5, 5.41) is 4.15. The number of hydrazine groups is 1. The van der Waals surface area contributed by atoms with Crippen LogP contribution in [0.25, 0.3) is 0 Å². The Labute approximate surface area is 106 Å². The summed E-state index contributed by atoms with van der Waals surface area (Å²) in [6.45, 7) is 0. The van der Waals surface area contributed by atoms with Crippen molar-refractivity contribution in [2.75, 3.05) is 11.5 Å². The first-order valence-corrected chi connectivity index (χ1v) is 8.53. The van der Waals surface area contributed by atoms with Gasteiger partial charge in [-0.3, -0.25) is 11.3 Å². The highest BCUT2D eigenvalue weighted by atomic mass is 32.2. The highest BCUT2D eigenvalue weighted by Gasteiger charge is 2.29. The monoisotopic (exact) mass is 274 g/mol. The van der Waals surface area contributed by atoms with E-state index < -0.39 is 9.84 Å². The molecule has 0 bridgehead atoms. The molecule has 0 aromatic carbocycles. The molecule has 4 nitrogen and oxygen atoms in total. The molecule has 2 unspecified atom stereocenters. The van der Waals surface area contributed by atoms with Crippen molar-refractivity contribution >= 4 is 21.2 Å². The maximum absolute atomic E-state index is 11.4. The number of sulfone groups is 1. The van der Waals surface area contributed by atoms with Crippen molar-refractivity contribution in [2.45, 2.75) is 25.3 Å². The van der Waals surface area contributed by atoms with E-state index in [9.17, 15) is 8.42 Å². The van der Waals surface area contributed by atoms with Crippen LogP contribution in [0.1, 0.15) is 18.4 Å². The molecule has 2 heterocycles. The van der Waals surface area contributed by atoms with Crippen molar-refractivity contribution in [3.63, 3.8) is 0 Å². The standard InChI is InChI=1S/C11H18N2O2S2/c12-13-11(5-9-1-3-16-7-9)6-10-2-4-17(14,15)8-10/h1,3,7,10-11,13H,2,4-6,8,12H2. The lowest BCUT2D eigenvalue weighted by molar-refractivity contribution is 0.409. The Kier molecular flexibility index (Phi) is 4.19. The third kappa shape index (κ3) is 3.77. The van der Waals surface area contributed by atoms with Gasteiger partial charge in [-0.1, -0.05) is 0 Å². The molecule has 0 amide bonds. The average Bonchev–Trinajstić information content (AvgIpc) is 2.87. The van der Waals surface area contributed by atoms with Crippen LogP contribution in [-0.2, 0) is 16.3 Å². The quantitative estimate of drug-likeness (QED) is 0.619. The highest BCUT2D eigenvalue weighted by Crippen LogP contribution is 2.24. The Hall–Kier alpha value is -0.430. The normalized spacial score (nSPS) is 24.9. The molecule has 0 spiro atoms. The highest BCUT2D eigenvalue weighted by molar-refractivity contribution is 7.91. The lowest BCUT2D eigenvalue weighted by Crippen LogP contribution is -2.38. The molecule has 1 aromatic rings. The molecule has 1 aliphatic heterocycles. The summed E-state index contributed by atoms with van der Waals surface area (Å²) in [5.41, 5.74) is 4.07. The van der Waals surface area contributed by atoms with Crippen LogP contribution in [0, 0.1) is 5.92 Å². The van der Waals surface area contributed by atoms with Crippen molar-refractivity contribution < 1.29 is 8.42 Å². The topological polar surface area (TPSA) is 72.2 Å². The molecule has 1 aromatic heterocycles. The van der Waals surface area contributed by atoms with Crippen molar-refractivity contribution in [1.29, 1.82) is 0 Å². The molecule has 0 radical (unpaired) electrons. The smallest absolute Gasteiger partial charge is 0.150 e. The fourth-order valence-electron chi connectivity index (χ4n) is 2.36. The van der Waals surface area contributed by atoms with E-state index in [4.69, 9.17) is 5.84 Å². The van der Waals surface area contributed by atoms with Crippen LogP contribution in [0.2, 0.25) is 0 Å². The van der Waals surface area contributed by atoms with Gasteiger partial charge in [0.15, 0.2) is 9.84 Å². The largest absolute Gasteiger partial charge is 0.271 e. The minimum absolute atomic E-state index is 0.169. The number of hydrogen-bond donors (Lipinski definition) is 2. The van der Waals surface area contributed by atoms with Crippen LogP contribution in [0.15, 0.2) is 16.8 Å². The molecule has 1 saturated heterocycles. The van der Waals surface area contributed by atoms with Gasteiger partial charge >= 0.3 is 0 Å². The second-order valence-electron chi connectivity index (χ2n) is 4.70. The van der Waals surface area contributed by atoms with E-state index in [1.165, 1.54) is 5.56 Å². The molecule has 2 rings (SSSR count). The average molecular weight is 274 g/mol. The van der Waals surface area contributed by atoms with E-state index in [0.717, 1.165) is 19.3 Å². The Morgan fingerprint density at radius 3 is 2.94 bits per heavy atom. The van der Waals surface area contributed by atoms with E-state index in [1.54, 1.807) is 11.3 Å². The van der Waals surface area contributed by atoms with Crippen molar-refractivity contribution in [1.82, 2.24) is 5.43 Å². The molecule has 0 saturated carbocycles. The number of rotatable bonds is 5. The third-order valence-electron chi connectivity index (χ3n) is 3.24. The van der Waals surface area contributed by atoms with Gasteiger partial charge in [0.2, 0.25) is 0 Å². The minimum Gasteiger partial charge on any atom is -0.271 e. The second-order valence-corrected chi connectivity index (χ2v) is 7.71. The lowest BCUT2D eigenvalue weighted by Gasteiger charge is -2.18. The summed E-state index contributed by atoms with van der Waals surface area (Å²) in [4.78, 5) is 0. The Morgan fingerprint density at radius 2 is 2.41 bits per heavy atom. The van der Waals surface area contributed by atoms with Gasteiger partial charge in [0.1, 0.15) is 0 Å². The molecule has 0 aliphatic carbocycles. The van der Waals surface area contributed by atoms with Gasteiger partial charge in [-0.2, -0.15) is 11.3 Å². The van der Waals surface area contributed by atoms with Crippen LogP contribution < -0.4 is 11.3 Å². The van der Waals surface area contributed by atoms with Gasteiger partial charge in [0.05, 0.1) is 11.5 Å². The van der Waals surface area contributed by atoms with Crippen molar-refractivity contribution in [3.8, 4) is 0 Å². The van der Waals surface area contributed by atoms with Crippen molar-refractivity contribution in [3.05, 3.63) is 22.4 Å². The zero-order valence-corrected chi connectivity index (χ0v) is 11.3. The molecule has 96 valence electrons. The van der Waals surface area contributed by atoms with Gasteiger partial charge in [-0.15, -0.1) is 0 Å². The summed E-state index contributed by atoms with van der Waals surface area (Å²) in [6, 6.07) is 2.25. The Balaban J connectivity index is 1.88. The first-order chi connectivity index (χ1) is 8.09. The predicted octanol–water partition coefficient (Wildman–Crippen LogP) is 0.947. The number of hydrogen-bond acceptors (Lipinski definition) is 5. The van der Waals surface area contributed by atoms with Gasteiger partial charge in [0.25, 0.3) is 0 Å². The minimum atomic E-state index is -2.78. The first-order valence-electron chi connectivity index (χ1n) is 5.76. The molecule has 6 heteroatoms. The third-order valence-corrected chi connectivity index (χ3v) is 5.81. The molecular formula is C11H18N2O2S2. The van der Waals surface area contributed by atoms with Gasteiger partial charge in [-0.05, 0) is 47.6 Å². The van der Waals surface area contributed by atoms with Crippen LogP contribution in [0.3, 0.4) is 0 Å². The van der Waals surface area contributed by atoms with Gasteiger partial charge < -0.3 is 0 Å². The van der Waals surface area contributed by atoms with Crippen molar-refractivity contribution in [2.24, 2.45) is 11.8 Å². The molecular weight excluding hydrogens is 256 g/mol. The van der Waals surface area contributed by atoms with E-state index in [1.807, 2.05) is 5.38 Å². The Bertz CT molecular complexity index is 442. The lowest BCUT2D eigenvalue weighted by atomic mass is 9.96. The van der Waals surface area contributed by atoms with Gasteiger partial charge in [0, 0.05) is 6.04 Å². The fraction of sp³-hybridized carbons (Fsp3) is 0.636. The van der Waals surface area contributed by atoms with Crippen LogP contribution >= 0.6 is 11.3 Å². The summed E-state index contributed by atoms with van der Waals surface area (Å²) in [5.74, 6) is 6.47. The summed E-state index contributed by atoms with van der Waals surface area (Å²) in [6.07, 6.45) is 2.49. The predicted molar refractivity (Wildman–Crippen MR) is 70.5 cm³/mol. The zero-order chi connectivity index (χ0) is 12.3. The maximum atomic E-state index is 11.4. The zero-order valence-electron chi connectivity index (χ0n) is 9.63. The maximum Gasteiger partial charge on any atom is 0.150 e. The molecule has 1 aliphatic rings.